The first-order chi connectivity index (χ1) is 18.6. The van der Waals surface area contributed by atoms with Crippen molar-refractivity contribution < 1.29 is 31.4 Å². The van der Waals surface area contributed by atoms with Gasteiger partial charge in [0.15, 0.2) is 0 Å². The van der Waals surface area contributed by atoms with E-state index >= 15 is 0 Å². The number of hydrogen-bond acceptors (Lipinski definition) is 3. The summed E-state index contributed by atoms with van der Waals surface area (Å²) in [5.41, 5.74) is 0.298. The van der Waals surface area contributed by atoms with Crippen LogP contribution in [0.5, 0.6) is 0 Å². The molecule has 0 radical (unpaired) electrons. The molecule has 3 aromatic rings. The van der Waals surface area contributed by atoms with Crippen LogP contribution in [0.3, 0.4) is 0 Å². The highest BCUT2D eigenvalue weighted by atomic mass is 35.5. The maximum atomic E-state index is 13.1. The molecule has 1 atom stereocenters. The molecule has 41 heavy (non-hydrogen) atoms. The lowest BCUT2D eigenvalue weighted by molar-refractivity contribution is -0.138. The maximum absolute atomic E-state index is 13.1. The van der Waals surface area contributed by atoms with Gasteiger partial charge in [-0.1, -0.05) is 52.0 Å². The number of nitrogens with zero attached hydrogens (tertiary/aromatic N) is 2. The van der Waals surface area contributed by atoms with E-state index in [0.29, 0.717) is 46.5 Å². The van der Waals surface area contributed by atoms with Gasteiger partial charge in [-0.15, -0.1) is 12.4 Å². The fourth-order valence-electron chi connectivity index (χ4n) is 4.23. The minimum atomic E-state index is -4.50. The molecule has 0 saturated carbocycles. The first-order valence-electron chi connectivity index (χ1n) is 13.4. The van der Waals surface area contributed by atoms with Crippen molar-refractivity contribution in [3.63, 3.8) is 0 Å². The van der Waals surface area contributed by atoms with Crippen molar-refractivity contribution in [1.29, 1.82) is 0 Å². The van der Waals surface area contributed by atoms with Gasteiger partial charge in [0.1, 0.15) is 0 Å². The highest BCUT2D eigenvalue weighted by Gasteiger charge is 2.31. The molecule has 0 aliphatic heterocycles. The fourth-order valence-corrected chi connectivity index (χ4v) is 4.23. The van der Waals surface area contributed by atoms with Crippen LogP contribution in [0.1, 0.15) is 63.3 Å². The lowest BCUT2D eigenvalue weighted by atomic mass is 10.00. The molecule has 0 spiro atoms. The van der Waals surface area contributed by atoms with E-state index in [4.69, 9.17) is 0 Å². The molecule has 3 rings (SSSR count). The average molecular weight is 603 g/mol. The molecule has 226 valence electrons. The lowest BCUT2D eigenvalue weighted by Gasteiger charge is -2.27. The van der Waals surface area contributed by atoms with Crippen LogP contribution >= 0.6 is 12.4 Å². The summed E-state index contributed by atoms with van der Waals surface area (Å²) in [5, 5.41) is 11.3. The second-order valence-corrected chi connectivity index (χ2v) is 11.0. The summed E-state index contributed by atoms with van der Waals surface area (Å²) in [6.45, 7) is 10.5. The van der Waals surface area contributed by atoms with Gasteiger partial charge in [0.25, 0.3) is 0 Å². The van der Waals surface area contributed by atoms with Crippen LogP contribution < -0.4 is 0 Å². The lowest BCUT2D eigenvalue weighted by Crippen LogP contribution is -2.32. The van der Waals surface area contributed by atoms with Crippen molar-refractivity contribution in [3.8, 4) is 22.5 Å². The van der Waals surface area contributed by atoms with Gasteiger partial charge in [-0.3, -0.25) is 0 Å². The Morgan fingerprint density at radius 3 is 1.37 bits per heavy atom. The number of aromatic nitrogens is 1. The predicted molar refractivity (Wildman–Crippen MR) is 153 cm³/mol. The number of aliphatic hydroxyl groups excluding tert-OH is 1. The van der Waals surface area contributed by atoms with E-state index in [1.54, 1.807) is 12.1 Å². The molecule has 2 aromatic carbocycles. The summed E-state index contributed by atoms with van der Waals surface area (Å²) in [6, 6.07) is 12.3. The first-order valence-corrected chi connectivity index (χ1v) is 13.4. The number of alkyl halides is 6. The Balaban J connectivity index is 0.00000588. The molecule has 0 fully saturated rings. The molecule has 1 unspecified atom stereocenters. The molecule has 1 N–H and O–H groups in total. The van der Waals surface area contributed by atoms with Gasteiger partial charge in [0.2, 0.25) is 0 Å². The molecule has 0 aliphatic rings. The second-order valence-electron chi connectivity index (χ2n) is 11.0. The standard InChI is InChI=1S/C31H36F6N2O.ClH/c1-20(2)13-15-39(16-14-21(3)4)19-29(40)24-17-27(22-5-9-25(10-6-22)30(32,33)34)38-28(18-24)23-7-11-26(12-8-23)31(35,36)37;/h5-12,17-18,20-21,29,40H,13-16,19H2,1-4H3;1H. The molecular weight excluding hydrogens is 566 g/mol. The van der Waals surface area contributed by atoms with Crippen molar-refractivity contribution in [2.75, 3.05) is 19.6 Å². The summed E-state index contributed by atoms with van der Waals surface area (Å²) in [4.78, 5) is 6.75. The number of pyridine rings is 1. The van der Waals surface area contributed by atoms with Crippen molar-refractivity contribution in [2.24, 2.45) is 11.8 Å². The molecule has 0 aliphatic carbocycles. The van der Waals surface area contributed by atoms with Gasteiger partial charge in [0, 0.05) is 17.7 Å². The van der Waals surface area contributed by atoms with Crippen LogP contribution in [-0.4, -0.2) is 34.6 Å². The third-order valence-electron chi connectivity index (χ3n) is 6.72. The summed E-state index contributed by atoms with van der Waals surface area (Å²) < 4.78 is 78.6. The summed E-state index contributed by atoms with van der Waals surface area (Å²) in [5.74, 6) is 0.967. The SMILES string of the molecule is CC(C)CCN(CCC(C)C)CC(O)c1cc(-c2ccc(C(F)(F)F)cc2)nc(-c2ccc(C(F)(F)F)cc2)c1.Cl. The van der Waals surface area contributed by atoms with E-state index in [1.807, 2.05) is 0 Å². The molecular formula is C31H37ClF6N2O. The third-order valence-corrected chi connectivity index (χ3v) is 6.72. The summed E-state index contributed by atoms with van der Waals surface area (Å²) in [6.07, 6.45) is -8.03. The van der Waals surface area contributed by atoms with Gasteiger partial charge in [0.05, 0.1) is 28.6 Å². The summed E-state index contributed by atoms with van der Waals surface area (Å²) in [7, 11) is 0. The van der Waals surface area contributed by atoms with Crippen LogP contribution in [-0.2, 0) is 12.4 Å². The molecule has 3 nitrogen and oxygen atoms in total. The number of aliphatic hydroxyl groups is 1. The van der Waals surface area contributed by atoms with Crippen LogP contribution in [0.15, 0.2) is 60.7 Å². The first kappa shape index (κ1) is 34.6. The second kappa shape index (κ2) is 14.5. The molecule has 0 amide bonds. The van der Waals surface area contributed by atoms with Crippen LogP contribution in [0, 0.1) is 11.8 Å². The zero-order chi connectivity index (χ0) is 29.7. The zero-order valence-electron chi connectivity index (χ0n) is 23.6. The Kier molecular flexibility index (Phi) is 12.2. The number of benzene rings is 2. The quantitative estimate of drug-likeness (QED) is 0.222. The van der Waals surface area contributed by atoms with Gasteiger partial charge >= 0.3 is 12.4 Å². The van der Waals surface area contributed by atoms with E-state index in [9.17, 15) is 31.4 Å². The van der Waals surface area contributed by atoms with Crippen LogP contribution in [0.4, 0.5) is 26.3 Å². The van der Waals surface area contributed by atoms with Gasteiger partial charge in [-0.05, 0) is 79.7 Å². The van der Waals surface area contributed by atoms with Crippen LogP contribution in [0.25, 0.3) is 22.5 Å². The Bertz CT molecular complexity index is 1140. The van der Waals surface area contributed by atoms with E-state index in [0.717, 1.165) is 50.2 Å². The average Bonchev–Trinajstić information content (AvgIpc) is 2.89. The van der Waals surface area contributed by atoms with Gasteiger partial charge in [-0.25, -0.2) is 4.98 Å². The van der Waals surface area contributed by atoms with E-state index in [1.165, 1.54) is 24.3 Å². The van der Waals surface area contributed by atoms with Gasteiger partial charge in [-0.2, -0.15) is 26.3 Å². The van der Waals surface area contributed by atoms with E-state index in [-0.39, 0.29) is 12.4 Å². The monoisotopic (exact) mass is 602 g/mol. The topological polar surface area (TPSA) is 36.4 Å². The number of halogens is 7. The van der Waals surface area contributed by atoms with Crippen molar-refractivity contribution >= 4 is 12.4 Å². The fraction of sp³-hybridized carbons (Fsp3) is 0.452. The smallest absolute Gasteiger partial charge is 0.387 e. The van der Waals surface area contributed by atoms with Gasteiger partial charge < -0.3 is 10.0 Å². The van der Waals surface area contributed by atoms with E-state index in [2.05, 4.69) is 37.6 Å². The Morgan fingerprint density at radius 2 is 1.05 bits per heavy atom. The number of rotatable bonds is 11. The zero-order valence-corrected chi connectivity index (χ0v) is 24.4. The molecule has 10 heteroatoms. The predicted octanol–water partition coefficient (Wildman–Crippen LogP) is 9.30. The maximum Gasteiger partial charge on any atom is 0.416 e. The van der Waals surface area contributed by atoms with E-state index < -0.39 is 29.6 Å². The molecule has 0 saturated heterocycles. The minimum Gasteiger partial charge on any atom is -0.387 e. The van der Waals surface area contributed by atoms with Crippen molar-refractivity contribution in [3.05, 3.63) is 77.4 Å². The normalized spacial score (nSPS) is 13.1. The van der Waals surface area contributed by atoms with Crippen molar-refractivity contribution in [1.82, 2.24) is 9.88 Å². The molecule has 1 aromatic heterocycles. The number of hydrogen-bond donors (Lipinski definition) is 1. The largest absolute Gasteiger partial charge is 0.416 e. The highest BCUT2D eigenvalue weighted by Crippen LogP contribution is 2.34. The van der Waals surface area contributed by atoms with Crippen LogP contribution in [0.2, 0.25) is 0 Å². The molecule has 1 heterocycles. The molecule has 0 bridgehead atoms. The Morgan fingerprint density at radius 1 is 0.683 bits per heavy atom. The van der Waals surface area contributed by atoms with Crippen molar-refractivity contribution in [2.45, 2.75) is 59.0 Å². The summed E-state index contributed by atoms with van der Waals surface area (Å²) >= 11 is 0. The minimum absolute atomic E-state index is 0. The highest BCUT2D eigenvalue weighted by molar-refractivity contribution is 5.85. The third kappa shape index (κ3) is 10.3. The Hall–Kier alpha value is -2.62. The Labute approximate surface area is 244 Å².